The van der Waals surface area contributed by atoms with E-state index in [0.29, 0.717) is 23.6 Å². The minimum Gasteiger partial charge on any atom is -0.352 e. The molecule has 0 spiro atoms. The third kappa shape index (κ3) is 7.28. The summed E-state index contributed by atoms with van der Waals surface area (Å²) in [6.07, 6.45) is 5.44. The number of carbonyl (C=O) groups excluding carboxylic acids is 1. The molecule has 8 nitrogen and oxygen atoms in total. The van der Waals surface area contributed by atoms with Gasteiger partial charge in [-0.15, -0.1) is 0 Å². The number of unbranched alkanes of at least 4 members (excludes halogenated alkanes) is 1. The largest absolute Gasteiger partial charge is 0.352 e. The molecule has 33 heavy (non-hydrogen) atoms. The number of nitrogens with zero attached hydrogens (tertiary/aromatic N) is 2. The van der Waals surface area contributed by atoms with Gasteiger partial charge in [0.2, 0.25) is 10.0 Å². The Bertz CT molecular complexity index is 1070. The van der Waals surface area contributed by atoms with Crippen LogP contribution < -0.4 is 9.62 Å². The van der Waals surface area contributed by atoms with Crippen LogP contribution in [0.15, 0.2) is 42.5 Å². The van der Waals surface area contributed by atoms with E-state index in [1.807, 2.05) is 0 Å². The summed E-state index contributed by atoms with van der Waals surface area (Å²) in [7, 11) is -3.70. The first-order valence-corrected chi connectivity index (χ1v) is 13.0. The molecule has 0 aromatic heterocycles. The highest BCUT2D eigenvalue weighted by Crippen LogP contribution is 2.31. The number of sulfonamides is 1. The van der Waals surface area contributed by atoms with Gasteiger partial charge >= 0.3 is 0 Å². The van der Waals surface area contributed by atoms with Crippen LogP contribution in [0.4, 0.5) is 11.4 Å². The second-order valence-electron chi connectivity index (χ2n) is 8.27. The quantitative estimate of drug-likeness (QED) is 0.350. The fourth-order valence-corrected chi connectivity index (χ4v) is 4.61. The van der Waals surface area contributed by atoms with Crippen molar-refractivity contribution in [1.82, 2.24) is 5.32 Å². The number of rotatable bonds is 12. The van der Waals surface area contributed by atoms with E-state index < -0.39 is 14.9 Å². The van der Waals surface area contributed by atoms with E-state index in [4.69, 9.17) is 0 Å². The van der Waals surface area contributed by atoms with Gasteiger partial charge in [0.25, 0.3) is 11.6 Å². The van der Waals surface area contributed by atoms with Gasteiger partial charge in [-0.05, 0) is 43.0 Å². The Kier molecular flexibility index (Phi) is 9.40. The molecule has 9 heteroatoms. The van der Waals surface area contributed by atoms with Crippen LogP contribution in [0.2, 0.25) is 0 Å². The molecule has 0 saturated carbocycles. The molecule has 0 saturated heterocycles. The Labute approximate surface area is 196 Å². The minimum absolute atomic E-state index is 0.00231. The SMILES string of the molecule is CCCC[C@H](CC)CNC(=O)c1ccc(CN(c2cccc([N+](=O)[O-])c2C)S(C)(=O)=O)cc1. The van der Waals surface area contributed by atoms with Crippen molar-refractivity contribution in [2.24, 2.45) is 5.92 Å². The molecule has 2 rings (SSSR count). The second-order valence-corrected chi connectivity index (χ2v) is 10.2. The summed E-state index contributed by atoms with van der Waals surface area (Å²) in [5.41, 5.74) is 1.56. The number of hydrogen-bond donors (Lipinski definition) is 1. The van der Waals surface area contributed by atoms with Crippen LogP contribution >= 0.6 is 0 Å². The first-order valence-electron chi connectivity index (χ1n) is 11.2. The number of nitro benzene ring substituents is 1. The second kappa shape index (κ2) is 11.8. The molecule has 0 aliphatic heterocycles. The highest BCUT2D eigenvalue weighted by Gasteiger charge is 2.24. The molecule has 0 bridgehead atoms. The summed E-state index contributed by atoms with van der Waals surface area (Å²) in [5.74, 6) is 0.292. The molecule has 0 heterocycles. The molecule has 1 amide bonds. The van der Waals surface area contributed by atoms with Gasteiger partial charge in [0.15, 0.2) is 0 Å². The highest BCUT2D eigenvalue weighted by molar-refractivity contribution is 7.92. The van der Waals surface area contributed by atoms with E-state index in [-0.39, 0.29) is 29.4 Å². The average molecular weight is 476 g/mol. The van der Waals surface area contributed by atoms with Gasteiger partial charge in [0, 0.05) is 18.2 Å². The van der Waals surface area contributed by atoms with Crippen LogP contribution in [-0.2, 0) is 16.6 Å². The maximum atomic E-state index is 12.5. The van der Waals surface area contributed by atoms with Crippen molar-refractivity contribution in [2.75, 3.05) is 17.1 Å². The van der Waals surface area contributed by atoms with E-state index >= 15 is 0 Å². The fourth-order valence-electron chi connectivity index (χ4n) is 3.67. The summed E-state index contributed by atoms with van der Waals surface area (Å²) in [6, 6.07) is 11.1. The van der Waals surface area contributed by atoms with Crippen LogP contribution in [0.5, 0.6) is 0 Å². The van der Waals surface area contributed by atoms with Gasteiger partial charge in [0.05, 0.1) is 29.0 Å². The molecule has 0 aliphatic carbocycles. The van der Waals surface area contributed by atoms with Crippen molar-refractivity contribution in [2.45, 2.75) is 53.0 Å². The number of anilines is 1. The summed E-state index contributed by atoms with van der Waals surface area (Å²) >= 11 is 0. The number of carbonyl (C=O) groups is 1. The molecular weight excluding hydrogens is 442 g/mol. The summed E-state index contributed by atoms with van der Waals surface area (Å²) in [4.78, 5) is 23.3. The van der Waals surface area contributed by atoms with Gasteiger partial charge < -0.3 is 5.32 Å². The van der Waals surface area contributed by atoms with Crippen molar-refractivity contribution in [3.8, 4) is 0 Å². The fraction of sp³-hybridized carbons (Fsp3) is 0.458. The van der Waals surface area contributed by atoms with E-state index in [1.54, 1.807) is 30.3 Å². The maximum Gasteiger partial charge on any atom is 0.274 e. The number of nitro groups is 1. The predicted octanol–water partition coefficient (Wildman–Crippen LogP) is 4.82. The lowest BCUT2D eigenvalue weighted by Gasteiger charge is -2.24. The van der Waals surface area contributed by atoms with Crippen LogP contribution in [0.25, 0.3) is 0 Å². The van der Waals surface area contributed by atoms with Gasteiger partial charge in [0.1, 0.15) is 0 Å². The maximum absolute atomic E-state index is 12.5. The Balaban J connectivity index is 2.17. The molecule has 2 aromatic carbocycles. The molecular formula is C24H33N3O5S. The molecule has 0 unspecified atom stereocenters. The summed E-state index contributed by atoms with van der Waals surface area (Å²) < 4.78 is 26.1. The molecule has 1 N–H and O–H groups in total. The lowest BCUT2D eigenvalue weighted by Crippen LogP contribution is -2.30. The lowest BCUT2D eigenvalue weighted by atomic mass is 9.99. The van der Waals surface area contributed by atoms with Crippen LogP contribution in [0.3, 0.4) is 0 Å². The predicted molar refractivity (Wildman–Crippen MR) is 131 cm³/mol. The van der Waals surface area contributed by atoms with E-state index in [1.165, 1.54) is 19.1 Å². The van der Waals surface area contributed by atoms with Crippen molar-refractivity contribution < 1.29 is 18.1 Å². The normalized spacial score (nSPS) is 12.2. The number of nitrogens with one attached hydrogen (secondary N) is 1. The zero-order valence-corrected chi connectivity index (χ0v) is 20.5. The third-order valence-electron chi connectivity index (χ3n) is 5.78. The summed E-state index contributed by atoms with van der Waals surface area (Å²) in [6.45, 7) is 6.43. The first kappa shape index (κ1) is 26.3. The van der Waals surface area contributed by atoms with E-state index in [9.17, 15) is 23.3 Å². The van der Waals surface area contributed by atoms with Crippen molar-refractivity contribution in [3.05, 3.63) is 69.3 Å². The zero-order valence-electron chi connectivity index (χ0n) is 19.7. The van der Waals surface area contributed by atoms with Crippen LogP contribution in [-0.4, -0.2) is 32.0 Å². The standard InChI is InChI=1S/C24H33N3O5S/c1-5-7-9-19(6-2)16-25-24(28)21-14-12-20(13-15-21)17-26(33(4,31)32)22-10-8-11-23(18(22)3)27(29)30/h8,10-15,19H,5-7,9,16-17H2,1-4H3,(H,25,28)/t19-/m0/s1. The molecule has 0 aliphatic rings. The van der Waals surface area contributed by atoms with Crippen LogP contribution in [0, 0.1) is 23.0 Å². The van der Waals surface area contributed by atoms with Crippen molar-refractivity contribution >= 4 is 27.3 Å². The lowest BCUT2D eigenvalue weighted by molar-refractivity contribution is -0.385. The Morgan fingerprint density at radius 3 is 2.36 bits per heavy atom. The first-order chi connectivity index (χ1) is 15.6. The Morgan fingerprint density at radius 2 is 1.82 bits per heavy atom. The van der Waals surface area contributed by atoms with Gasteiger partial charge in [-0.2, -0.15) is 0 Å². The summed E-state index contributed by atoms with van der Waals surface area (Å²) in [5, 5.41) is 14.3. The van der Waals surface area contributed by atoms with Gasteiger partial charge in [-0.25, -0.2) is 8.42 Å². The highest BCUT2D eigenvalue weighted by atomic mass is 32.2. The van der Waals surface area contributed by atoms with Gasteiger partial charge in [-0.3, -0.25) is 19.2 Å². The van der Waals surface area contributed by atoms with E-state index in [0.717, 1.165) is 36.2 Å². The van der Waals surface area contributed by atoms with Crippen molar-refractivity contribution in [1.29, 1.82) is 0 Å². The molecule has 2 aromatic rings. The molecule has 180 valence electrons. The Hall–Kier alpha value is -2.94. The number of hydrogen-bond acceptors (Lipinski definition) is 5. The van der Waals surface area contributed by atoms with Crippen LogP contribution in [0.1, 0.15) is 61.0 Å². The minimum atomic E-state index is -3.70. The smallest absolute Gasteiger partial charge is 0.274 e. The van der Waals surface area contributed by atoms with Gasteiger partial charge in [-0.1, -0.05) is 51.3 Å². The zero-order chi connectivity index (χ0) is 24.6. The molecule has 0 radical (unpaired) electrons. The topological polar surface area (TPSA) is 110 Å². The molecule has 0 fully saturated rings. The van der Waals surface area contributed by atoms with Crippen molar-refractivity contribution in [3.63, 3.8) is 0 Å². The average Bonchev–Trinajstić information content (AvgIpc) is 2.77. The Morgan fingerprint density at radius 1 is 1.15 bits per heavy atom. The third-order valence-corrected chi connectivity index (χ3v) is 6.91. The van der Waals surface area contributed by atoms with E-state index in [2.05, 4.69) is 19.2 Å². The number of benzene rings is 2. The molecule has 1 atom stereocenters. The monoisotopic (exact) mass is 475 g/mol. The number of amides is 1.